The summed E-state index contributed by atoms with van der Waals surface area (Å²) in [5, 5.41) is 8.04. The Balaban J connectivity index is 1.88. The maximum atomic E-state index is 4.69. The van der Waals surface area contributed by atoms with E-state index in [1.807, 2.05) is 11.7 Å². The zero-order valence-corrected chi connectivity index (χ0v) is 11.6. The highest BCUT2D eigenvalue weighted by Crippen LogP contribution is 2.39. The third kappa shape index (κ3) is 2.56. The highest BCUT2D eigenvalue weighted by Gasteiger charge is 2.25. The molecule has 3 rings (SSSR count). The molecule has 0 spiro atoms. The lowest BCUT2D eigenvalue weighted by Gasteiger charge is -2.15. The number of hydrogen-bond donors (Lipinski definition) is 1. The standard InChI is InChI=1S/C16H21N3/c1-3-15(17-2)13-5-4-6-14(11-13)19-10-9-16(18-19)12-7-8-12/h4-6,9-12,15,17H,3,7-8H2,1-2H3. The zero-order valence-electron chi connectivity index (χ0n) is 11.6. The van der Waals surface area contributed by atoms with Gasteiger partial charge in [0.2, 0.25) is 0 Å². The first-order valence-corrected chi connectivity index (χ1v) is 7.15. The molecule has 3 heteroatoms. The van der Waals surface area contributed by atoms with E-state index in [2.05, 4.69) is 48.8 Å². The second-order valence-corrected chi connectivity index (χ2v) is 5.30. The summed E-state index contributed by atoms with van der Waals surface area (Å²) < 4.78 is 2.00. The van der Waals surface area contributed by atoms with Crippen molar-refractivity contribution in [2.24, 2.45) is 0 Å². The van der Waals surface area contributed by atoms with Gasteiger partial charge in [-0.1, -0.05) is 19.1 Å². The first-order chi connectivity index (χ1) is 9.31. The van der Waals surface area contributed by atoms with Crippen molar-refractivity contribution in [2.75, 3.05) is 7.05 Å². The summed E-state index contributed by atoms with van der Waals surface area (Å²) in [5.74, 6) is 0.713. The molecule has 1 aromatic heterocycles. The van der Waals surface area contributed by atoms with Crippen LogP contribution in [0.5, 0.6) is 0 Å². The van der Waals surface area contributed by atoms with Crippen molar-refractivity contribution in [3.8, 4) is 5.69 Å². The van der Waals surface area contributed by atoms with Crippen LogP contribution in [0.15, 0.2) is 36.5 Å². The van der Waals surface area contributed by atoms with Gasteiger partial charge in [0.25, 0.3) is 0 Å². The molecule has 1 aliphatic rings. The lowest BCUT2D eigenvalue weighted by atomic mass is 10.0. The summed E-state index contributed by atoms with van der Waals surface area (Å²) in [4.78, 5) is 0. The van der Waals surface area contributed by atoms with Crippen molar-refractivity contribution >= 4 is 0 Å². The van der Waals surface area contributed by atoms with E-state index < -0.39 is 0 Å². The van der Waals surface area contributed by atoms with Gasteiger partial charge in [-0.3, -0.25) is 0 Å². The van der Waals surface area contributed by atoms with Gasteiger partial charge in [0.15, 0.2) is 0 Å². The maximum absolute atomic E-state index is 4.69. The average Bonchev–Trinajstić information content (AvgIpc) is 3.18. The number of nitrogens with zero attached hydrogens (tertiary/aromatic N) is 2. The minimum Gasteiger partial charge on any atom is -0.313 e. The van der Waals surface area contributed by atoms with Gasteiger partial charge < -0.3 is 5.32 Å². The third-order valence-electron chi connectivity index (χ3n) is 3.90. The van der Waals surface area contributed by atoms with E-state index in [0.717, 1.165) is 12.1 Å². The largest absolute Gasteiger partial charge is 0.313 e. The highest BCUT2D eigenvalue weighted by atomic mass is 15.3. The number of nitrogens with one attached hydrogen (secondary N) is 1. The van der Waals surface area contributed by atoms with Gasteiger partial charge in [0, 0.05) is 18.2 Å². The van der Waals surface area contributed by atoms with E-state index in [0.29, 0.717) is 12.0 Å². The molecule has 1 unspecified atom stereocenters. The summed E-state index contributed by atoms with van der Waals surface area (Å²) in [6.45, 7) is 2.20. The van der Waals surface area contributed by atoms with Gasteiger partial charge >= 0.3 is 0 Å². The molecule has 1 fully saturated rings. The van der Waals surface area contributed by atoms with Crippen LogP contribution in [0, 0.1) is 0 Å². The molecule has 0 bridgehead atoms. The van der Waals surface area contributed by atoms with E-state index in [-0.39, 0.29) is 0 Å². The molecule has 0 aliphatic heterocycles. The molecule has 1 heterocycles. The number of benzene rings is 1. The average molecular weight is 255 g/mol. The molecule has 1 N–H and O–H groups in total. The van der Waals surface area contributed by atoms with Crippen LogP contribution in [0.2, 0.25) is 0 Å². The number of hydrogen-bond acceptors (Lipinski definition) is 2. The second kappa shape index (κ2) is 5.17. The monoisotopic (exact) mass is 255 g/mol. The third-order valence-corrected chi connectivity index (χ3v) is 3.90. The lowest BCUT2D eigenvalue weighted by molar-refractivity contribution is 0.576. The van der Waals surface area contributed by atoms with Crippen molar-refractivity contribution in [2.45, 2.75) is 38.1 Å². The molecule has 19 heavy (non-hydrogen) atoms. The van der Waals surface area contributed by atoms with E-state index in [4.69, 9.17) is 5.10 Å². The fourth-order valence-corrected chi connectivity index (χ4v) is 2.57. The Bertz CT molecular complexity index is 551. The van der Waals surface area contributed by atoms with Crippen LogP contribution in [0.25, 0.3) is 5.69 Å². The minimum atomic E-state index is 0.415. The van der Waals surface area contributed by atoms with Crippen molar-refractivity contribution in [3.63, 3.8) is 0 Å². The Morgan fingerprint density at radius 3 is 2.89 bits per heavy atom. The van der Waals surface area contributed by atoms with Gasteiger partial charge in [0.1, 0.15) is 0 Å². The molecule has 2 aromatic rings. The van der Waals surface area contributed by atoms with Crippen molar-refractivity contribution < 1.29 is 0 Å². The van der Waals surface area contributed by atoms with E-state index in [1.54, 1.807) is 0 Å². The maximum Gasteiger partial charge on any atom is 0.0659 e. The summed E-state index contributed by atoms with van der Waals surface area (Å²) in [7, 11) is 2.01. The molecule has 0 amide bonds. The highest BCUT2D eigenvalue weighted by molar-refractivity contribution is 5.37. The zero-order chi connectivity index (χ0) is 13.2. The first kappa shape index (κ1) is 12.4. The Hall–Kier alpha value is -1.61. The Morgan fingerprint density at radius 2 is 2.21 bits per heavy atom. The Labute approximate surface area is 114 Å². The predicted octanol–water partition coefficient (Wildman–Crippen LogP) is 3.42. The first-order valence-electron chi connectivity index (χ1n) is 7.15. The van der Waals surface area contributed by atoms with Crippen molar-refractivity contribution in [1.82, 2.24) is 15.1 Å². The van der Waals surface area contributed by atoms with E-state index >= 15 is 0 Å². The van der Waals surface area contributed by atoms with Crippen LogP contribution < -0.4 is 5.32 Å². The summed E-state index contributed by atoms with van der Waals surface area (Å²) in [5.41, 5.74) is 3.72. The van der Waals surface area contributed by atoms with Gasteiger partial charge in [-0.25, -0.2) is 4.68 Å². The molecule has 1 aliphatic carbocycles. The molecule has 1 aromatic carbocycles. The van der Waals surface area contributed by atoms with Crippen LogP contribution in [0.3, 0.4) is 0 Å². The molecule has 0 radical (unpaired) electrons. The Morgan fingerprint density at radius 1 is 1.37 bits per heavy atom. The smallest absolute Gasteiger partial charge is 0.0659 e. The van der Waals surface area contributed by atoms with Crippen LogP contribution in [0.4, 0.5) is 0 Å². The fraction of sp³-hybridized carbons (Fsp3) is 0.438. The topological polar surface area (TPSA) is 29.9 Å². The molecule has 1 saturated carbocycles. The van der Waals surface area contributed by atoms with Crippen molar-refractivity contribution in [1.29, 1.82) is 0 Å². The van der Waals surface area contributed by atoms with Crippen LogP contribution >= 0.6 is 0 Å². The predicted molar refractivity (Wildman–Crippen MR) is 77.6 cm³/mol. The normalized spacial score (nSPS) is 16.5. The molecule has 3 nitrogen and oxygen atoms in total. The molecular formula is C16H21N3. The molecule has 100 valence electrons. The minimum absolute atomic E-state index is 0.415. The van der Waals surface area contributed by atoms with Crippen molar-refractivity contribution in [3.05, 3.63) is 47.8 Å². The van der Waals surface area contributed by atoms with Crippen LogP contribution in [-0.4, -0.2) is 16.8 Å². The van der Waals surface area contributed by atoms with E-state index in [9.17, 15) is 0 Å². The van der Waals surface area contributed by atoms with Crippen LogP contribution in [-0.2, 0) is 0 Å². The lowest BCUT2D eigenvalue weighted by Crippen LogP contribution is -2.15. The van der Waals surface area contributed by atoms with Crippen LogP contribution in [0.1, 0.15) is 49.4 Å². The SMILES string of the molecule is CCC(NC)c1cccc(-n2ccc(C3CC3)n2)c1. The second-order valence-electron chi connectivity index (χ2n) is 5.30. The fourth-order valence-electron chi connectivity index (χ4n) is 2.57. The summed E-state index contributed by atoms with van der Waals surface area (Å²) >= 11 is 0. The van der Waals surface area contributed by atoms with Gasteiger partial charge in [-0.15, -0.1) is 0 Å². The summed E-state index contributed by atoms with van der Waals surface area (Å²) in [6.07, 6.45) is 5.77. The molecular weight excluding hydrogens is 234 g/mol. The molecule has 0 saturated heterocycles. The van der Waals surface area contributed by atoms with Gasteiger partial charge in [0.05, 0.1) is 11.4 Å². The Kier molecular flexibility index (Phi) is 3.38. The number of rotatable bonds is 5. The quantitative estimate of drug-likeness (QED) is 0.887. The van der Waals surface area contributed by atoms with E-state index in [1.165, 1.54) is 24.1 Å². The van der Waals surface area contributed by atoms with Gasteiger partial charge in [-0.2, -0.15) is 5.10 Å². The van der Waals surface area contributed by atoms with Gasteiger partial charge in [-0.05, 0) is 50.1 Å². The number of aromatic nitrogens is 2. The molecule has 1 atom stereocenters. The summed E-state index contributed by atoms with van der Waals surface area (Å²) in [6, 6.07) is 11.2.